The standard InChI is InChI=1S/C10H14N2O3/c1-6(12(14)10(11)13)8-4-9(8)7-2-3-15-5-7/h2-3,5-6,8-9,14H,4H2,1H3,(H2,11,13)/t6?,8-,9-/m0/s1. The molecular weight excluding hydrogens is 196 g/mol. The molecular formula is C10H14N2O3. The van der Waals surface area contributed by atoms with Crippen LogP contribution in [0.2, 0.25) is 0 Å². The first-order chi connectivity index (χ1) is 7.11. The van der Waals surface area contributed by atoms with E-state index in [4.69, 9.17) is 10.2 Å². The summed E-state index contributed by atoms with van der Waals surface area (Å²) in [7, 11) is 0. The third-order valence-corrected chi connectivity index (χ3v) is 3.04. The minimum Gasteiger partial charge on any atom is -0.472 e. The number of carbonyl (C=O) groups excluding carboxylic acids is 1. The number of hydroxylamine groups is 2. The van der Waals surface area contributed by atoms with Crippen LogP contribution in [0.1, 0.15) is 24.8 Å². The number of nitrogens with zero attached hydrogens (tertiary/aromatic N) is 1. The summed E-state index contributed by atoms with van der Waals surface area (Å²) >= 11 is 0. The molecule has 0 bridgehead atoms. The highest BCUT2D eigenvalue weighted by atomic mass is 16.5. The van der Waals surface area contributed by atoms with Crippen molar-refractivity contribution in [2.24, 2.45) is 11.7 Å². The number of hydrogen-bond donors (Lipinski definition) is 2. The molecule has 0 aromatic carbocycles. The van der Waals surface area contributed by atoms with Gasteiger partial charge in [0.1, 0.15) is 0 Å². The van der Waals surface area contributed by atoms with Crippen molar-refractivity contribution < 1.29 is 14.4 Å². The molecule has 0 aliphatic heterocycles. The molecule has 1 aliphatic rings. The van der Waals surface area contributed by atoms with E-state index in [9.17, 15) is 10.0 Å². The van der Waals surface area contributed by atoms with E-state index in [2.05, 4.69) is 0 Å². The molecule has 5 heteroatoms. The van der Waals surface area contributed by atoms with Gasteiger partial charge in [-0.1, -0.05) is 0 Å². The molecule has 82 valence electrons. The zero-order valence-corrected chi connectivity index (χ0v) is 8.46. The Morgan fingerprint density at radius 2 is 2.53 bits per heavy atom. The molecule has 1 aromatic heterocycles. The third kappa shape index (κ3) is 1.83. The second-order valence-electron chi connectivity index (χ2n) is 3.99. The maximum Gasteiger partial charge on any atom is 0.338 e. The van der Waals surface area contributed by atoms with E-state index in [0.717, 1.165) is 12.0 Å². The highest BCUT2D eigenvalue weighted by molar-refractivity contribution is 5.71. The van der Waals surface area contributed by atoms with Gasteiger partial charge in [-0.25, -0.2) is 9.86 Å². The molecule has 0 spiro atoms. The van der Waals surface area contributed by atoms with Gasteiger partial charge in [0, 0.05) is 0 Å². The molecule has 3 N–H and O–H groups in total. The molecule has 1 fully saturated rings. The Balaban J connectivity index is 1.96. The summed E-state index contributed by atoms with van der Waals surface area (Å²) in [6.07, 6.45) is 4.27. The Morgan fingerprint density at radius 3 is 3.07 bits per heavy atom. The van der Waals surface area contributed by atoms with Gasteiger partial charge in [-0.05, 0) is 36.8 Å². The van der Waals surface area contributed by atoms with Gasteiger partial charge in [0.15, 0.2) is 0 Å². The van der Waals surface area contributed by atoms with Gasteiger partial charge in [-0.15, -0.1) is 0 Å². The topological polar surface area (TPSA) is 79.7 Å². The lowest BCUT2D eigenvalue weighted by molar-refractivity contribution is -0.0760. The lowest BCUT2D eigenvalue weighted by Crippen LogP contribution is -2.40. The fourth-order valence-corrected chi connectivity index (χ4v) is 2.00. The van der Waals surface area contributed by atoms with Crippen LogP contribution in [0.15, 0.2) is 23.0 Å². The molecule has 1 saturated carbocycles. The highest BCUT2D eigenvalue weighted by Gasteiger charge is 2.45. The van der Waals surface area contributed by atoms with Gasteiger partial charge in [-0.2, -0.15) is 0 Å². The van der Waals surface area contributed by atoms with Crippen molar-refractivity contribution in [3.8, 4) is 0 Å². The second kappa shape index (κ2) is 3.58. The molecule has 0 saturated heterocycles. The van der Waals surface area contributed by atoms with Crippen molar-refractivity contribution in [1.29, 1.82) is 0 Å². The quantitative estimate of drug-likeness (QED) is 0.586. The molecule has 3 atom stereocenters. The molecule has 1 unspecified atom stereocenters. The van der Waals surface area contributed by atoms with Crippen molar-refractivity contribution in [3.63, 3.8) is 0 Å². The fraction of sp³-hybridized carbons (Fsp3) is 0.500. The monoisotopic (exact) mass is 210 g/mol. The predicted molar refractivity (Wildman–Crippen MR) is 52.2 cm³/mol. The van der Waals surface area contributed by atoms with Crippen LogP contribution in [-0.4, -0.2) is 22.3 Å². The van der Waals surface area contributed by atoms with Crippen LogP contribution in [0.4, 0.5) is 4.79 Å². The number of hydrogen-bond acceptors (Lipinski definition) is 3. The average Bonchev–Trinajstić information content (AvgIpc) is 2.82. The van der Waals surface area contributed by atoms with Crippen LogP contribution >= 0.6 is 0 Å². The summed E-state index contributed by atoms with van der Waals surface area (Å²) in [5, 5.41) is 9.96. The van der Waals surface area contributed by atoms with Crippen LogP contribution < -0.4 is 5.73 Å². The minimum atomic E-state index is -0.805. The first-order valence-corrected chi connectivity index (χ1v) is 4.91. The third-order valence-electron chi connectivity index (χ3n) is 3.04. The average molecular weight is 210 g/mol. The van der Waals surface area contributed by atoms with Crippen LogP contribution in [0.25, 0.3) is 0 Å². The summed E-state index contributed by atoms with van der Waals surface area (Å²) < 4.78 is 4.98. The zero-order chi connectivity index (χ0) is 11.0. The number of primary amides is 1. The normalized spacial score (nSPS) is 26.0. The predicted octanol–water partition coefficient (Wildman–Crippen LogP) is 1.54. The summed E-state index contributed by atoms with van der Waals surface area (Å²) in [5.74, 6) is 0.632. The smallest absolute Gasteiger partial charge is 0.338 e. The van der Waals surface area contributed by atoms with E-state index in [1.54, 1.807) is 19.5 Å². The van der Waals surface area contributed by atoms with E-state index >= 15 is 0 Å². The van der Waals surface area contributed by atoms with Crippen molar-refractivity contribution in [3.05, 3.63) is 24.2 Å². The summed E-state index contributed by atoms with van der Waals surface area (Å²) in [6, 6.07) is 0.853. The van der Waals surface area contributed by atoms with Crippen molar-refractivity contribution in [2.75, 3.05) is 0 Å². The van der Waals surface area contributed by atoms with Crippen LogP contribution in [0.5, 0.6) is 0 Å². The number of furan rings is 1. The van der Waals surface area contributed by atoms with Crippen LogP contribution in [0.3, 0.4) is 0 Å². The van der Waals surface area contributed by atoms with Gasteiger partial charge in [0.2, 0.25) is 0 Å². The largest absolute Gasteiger partial charge is 0.472 e. The van der Waals surface area contributed by atoms with E-state index in [1.807, 2.05) is 6.07 Å². The zero-order valence-electron chi connectivity index (χ0n) is 8.46. The highest BCUT2D eigenvalue weighted by Crippen LogP contribution is 2.50. The number of nitrogens with two attached hydrogens (primary N) is 1. The van der Waals surface area contributed by atoms with Crippen LogP contribution in [0, 0.1) is 5.92 Å². The van der Waals surface area contributed by atoms with Crippen LogP contribution in [-0.2, 0) is 0 Å². The minimum absolute atomic E-state index is 0.248. The second-order valence-corrected chi connectivity index (χ2v) is 3.99. The Hall–Kier alpha value is -1.49. The molecule has 15 heavy (non-hydrogen) atoms. The molecule has 2 rings (SSSR count). The summed E-state index contributed by atoms with van der Waals surface area (Å²) in [4.78, 5) is 10.7. The van der Waals surface area contributed by atoms with Crippen molar-refractivity contribution in [2.45, 2.75) is 25.3 Å². The van der Waals surface area contributed by atoms with Gasteiger partial charge in [0.05, 0.1) is 18.6 Å². The lowest BCUT2D eigenvalue weighted by atomic mass is 10.1. The van der Waals surface area contributed by atoms with Gasteiger partial charge in [-0.3, -0.25) is 5.21 Å². The Labute approximate surface area is 87.4 Å². The number of rotatable bonds is 3. The number of carbonyl (C=O) groups is 1. The molecule has 1 aromatic rings. The molecule has 5 nitrogen and oxygen atoms in total. The first kappa shape index (κ1) is 10.0. The Bertz CT molecular complexity index is 350. The van der Waals surface area contributed by atoms with Gasteiger partial charge >= 0.3 is 6.03 Å². The van der Waals surface area contributed by atoms with E-state index in [-0.39, 0.29) is 12.0 Å². The van der Waals surface area contributed by atoms with E-state index < -0.39 is 6.03 Å². The van der Waals surface area contributed by atoms with Crippen molar-refractivity contribution >= 4 is 6.03 Å². The molecule has 2 amide bonds. The Kier molecular flexibility index (Phi) is 2.40. The fourth-order valence-electron chi connectivity index (χ4n) is 2.00. The van der Waals surface area contributed by atoms with Gasteiger partial charge in [0.25, 0.3) is 0 Å². The maximum atomic E-state index is 10.7. The van der Waals surface area contributed by atoms with E-state index in [1.165, 1.54) is 0 Å². The molecule has 0 radical (unpaired) electrons. The molecule has 1 aliphatic carbocycles. The van der Waals surface area contributed by atoms with E-state index in [0.29, 0.717) is 11.0 Å². The number of amides is 2. The van der Waals surface area contributed by atoms with Crippen molar-refractivity contribution in [1.82, 2.24) is 5.06 Å². The summed E-state index contributed by atoms with van der Waals surface area (Å²) in [5.41, 5.74) is 6.10. The Morgan fingerprint density at radius 1 is 1.80 bits per heavy atom. The number of urea groups is 1. The molecule has 1 heterocycles. The summed E-state index contributed by atoms with van der Waals surface area (Å²) in [6.45, 7) is 1.79. The van der Waals surface area contributed by atoms with Gasteiger partial charge < -0.3 is 10.2 Å². The maximum absolute atomic E-state index is 10.7. The SMILES string of the molecule is CC([C@@H]1C[C@H]1c1ccoc1)N(O)C(N)=O. The lowest BCUT2D eigenvalue weighted by Gasteiger charge is -2.20. The first-order valence-electron chi connectivity index (χ1n) is 4.91.